The van der Waals surface area contributed by atoms with E-state index in [0.717, 1.165) is 4.90 Å². The van der Waals surface area contributed by atoms with Crippen LogP contribution in [0.1, 0.15) is 18.4 Å². The topological polar surface area (TPSA) is 117 Å². The number of aliphatic hydroxyl groups is 1. The number of hydrogen-bond donors (Lipinski definition) is 2. The Kier molecular flexibility index (Phi) is 6.03. The Morgan fingerprint density at radius 3 is 2.26 bits per heavy atom. The molecule has 34 heavy (non-hydrogen) atoms. The fourth-order valence-corrected chi connectivity index (χ4v) is 6.62. The number of fused-ring (bicyclic) bond motifs is 1. The predicted molar refractivity (Wildman–Crippen MR) is 127 cm³/mol. The number of phenolic OH excluding ortho intramolecular Hbond substituents is 1. The van der Waals surface area contributed by atoms with Crippen molar-refractivity contribution in [2.75, 3.05) is 13.1 Å². The van der Waals surface area contributed by atoms with Crippen molar-refractivity contribution in [2.24, 2.45) is 0 Å². The molecule has 1 fully saturated rings. The summed E-state index contributed by atoms with van der Waals surface area (Å²) in [6.45, 7) is 0.302. The second kappa shape index (κ2) is 8.86. The van der Waals surface area contributed by atoms with Crippen LogP contribution in [-0.4, -0.2) is 46.3 Å². The third-order valence-corrected chi connectivity index (χ3v) is 9.19. The summed E-state index contributed by atoms with van der Waals surface area (Å²) in [6.07, 6.45) is 0.506. The highest BCUT2D eigenvalue weighted by Crippen LogP contribution is 2.38. The third-order valence-electron chi connectivity index (χ3n) is 5.95. The first kappa shape index (κ1) is 23.1. The molecule has 0 radical (unpaired) electrons. The highest BCUT2D eigenvalue weighted by Gasteiger charge is 2.39. The Balaban J connectivity index is 1.40. The van der Waals surface area contributed by atoms with Gasteiger partial charge in [0.15, 0.2) is 11.0 Å². The Hall–Kier alpha value is -2.63. The van der Waals surface area contributed by atoms with Gasteiger partial charge < -0.3 is 10.2 Å². The van der Waals surface area contributed by atoms with Gasteiger partial charge in [-0.05, 0) is 77.2 Å². The molecule has 2 N–H and O–H groups in total. The van der Waals surface area contributed by atoms with Crippen LogP contribution in [0.3, 0.4) is 0 Å². The Bertz CT molecular complexity index is 1430. The maximum Gasteiger partial charge on any atom is 0.245 e. The predicted octanol–water partition coefficient (Wildman–Crippen LogP) is 4.41. The number of rotatable bonds is 5. The van der Waals surface area contributed by atoms with Crippen LogP contribution in [0, 0.1) is 0 Å². The number of phenols is 1. The van der Waals surface area contributed by atoms with Gasteiger partial charge in [0.25, 0.3) is 0 Å². The zero-order chi connectivity index (χ0) is 23.9. The van der Waals surface area contributed by atoms with Gasteiger partial charge in [0.2, 0.25) is 10.0 Å². The number of aromatic nitrogens is 2. The molecule has 0 spiro atoms. The van der Waals surface area contributed by atoms with Crippen LogP contribution < -0.4 is 0 Å². The average molecular weight is 518 g/mol. The number of hydrogen-bond acceptors (Lipinski definition) is 8. The van der Waals surface area contributed by atoms with Gasteiger partial charge in [0.05, 0.1) is 5.60 Å². The molecule has 2 heterocycles. The van der Waals surface area contributed by atoms with Gasteiger partial charge in [0.1, 0.15) is 10.6 Å². The van der Waals surface area contributed by atoms with Crippen LogP contribution in [0.5, 0.6) is 5.75 Å². The van der Waals surface area contributed by atoms with Crippen LogP contribution in [-0.2, 0) is 15.6 Å². The minimum atomic E-state index is -3.90. The van der Waals surface area contributed by atoms with Gasteiger partial charge in [0, 0.05) is 27.9 Å². The van der Waals surface area contributed by atoms with Gasteiger partial charge in [-0.3, -0.25) is 0 Å². The lowest BCUT2D eigenvalue weighted by atomic mass is 9.85. The highest BCUT2D eigenvalue weighted by atomic mass is 35.5. The molecule has 0 bridgehead atoms. The molecule has 176 valence electrons. The fraction of sp³-hybridized carbons (Fsp3) is 0.217. The summed E-state index contributed by atoms with van der Waals surface area (Å²) >= 11 is 7.31. The molecule has 11 heteroatoms. The van der Waals surface area contributed by atoms with Crippen molar-refractivity contribution in [1.29, 1.82) is 0 Å². The molecule has 3 aromatic carbocycles. The maximum absolute atomic E-state index is 13.5. The highest BCUT2D eigenvalue weighted by molar-refractivity contribution is 7.99. The van der Waals surface area contributed by atoms with Crippen molar-refractivity contribution in [3.63, 3.8) is 0 Å². The fourth-order valence-electron chi connectivity index (χ4n) is 4.04. The quantitative estimate of drug-likeness (QED) is 0.400. The van der Waals surface area contributed by atoms with Crippen molar-refractivity contribution >= 4 is 44.4 Å². The molecule has 8 nitrogen and oxygen atoms in total. The number of nitrogens with zero attached hydrogens (tertiary/aromatic N) is 3. The summed E-state index contributed by atoms with van der Waals surface area (Å²) in [4.78, 5) is 1.53. The SMILES string of the molecule is O=S(=O)(c1ccc(Sc2ccc(O)cc2)c2nonc12)N1CCC(O)(c2ccc(Cl)cc2)CC1. The van der Waals surface area contributed by atoms with E-state index in [2.05, 4.69) is 10.3 Å². The normalized spacial score (nSPS) is 16.6. The van der Waals surface area contributed by atoms with Crippen molar-refractivity contribution < 1.29 is 23.3 Å². The molecule has 0 atom stereocenters. The van der Waals surface area contributed by atoms with Crippen molar-refractivity contribution in [3.05, 3.63) is 71.2 Å². The zero-order valence-corrected chi connectivity index (χ0v) is 20.1. The summed E-state index contributed by atoms with van der Waals surface area (Å²) in [7, 11) is -3.90. The summed E-state index contributed by atoms with van der Waals surface area (Å²) in [5.41, 5.74) is 0.0928. The number of benzene rings is 3. The van der Waals surface area contributed by atoms with Gasteiger partial charge in [-0.25, -0.2) is 13.0 Å². The number of aromatic hydroxyl groups is 1. The van der Waals surface area contributed by atoms with Gasteiger partial charge in [-0.1, -0.05) is 35.5 Å². The van der Waals surface area contributed by atoms with Crippen LogP contribution in [0.25, 0.3) is 11.0 Å². The van der Waals surface area contributed by atoms with E-state index >= 15 is 0 Å². The Labute approximate surface area is 205 Å². The monoisotopic (exact) mass is 517 g/mol. The van der Waals surface area contributed by atoms with E-state index in [-0.39, 0.29) is 42.1 Å². The minimum absolute atomic E-state index is 0.00994. The van der Waals surface area contributed by atoms with Crippen molar-refractivity contribution in [3.8, 4) is 5.75 Å². The van der Waals surface area contributed by atoms with E-state index in [9.17, 15) is 18.6 Å². The second-order valence-corrected chi connectivity index (χ2v) is 11.5. The van der Waals surface area contributed by atoms with Crippen LogP contribution in [0.15, 0.2) is 80.0 Å². The molecule has 1 saturated heterocycles. The summed E-state index contributed by atoms with van der Waals surface area (Å²) in [5.74, 6) is 0.156. The molecular formula is C23H20ClN3O5S2. The minimum Gasteiger partial charge on any atom is -0.508 e. The van der Waals surface area contributed by atoms with E-state index in [1.54, 1.807) is 54.6 Å². The summed E-state index contributed by atoms with van der Waals surface area (Å²) in [6, 6.07) is 16.8. The number of piperidine rings is 1. The maximum atomic E-state index is 13.5. The van der Waals surface area contributed by atoms with E-state index in [0.29, 0.717) is 21.0 Å². The molecule has 1 aliphatic heterocycles. The van der Waals surface area contributed by atoms with Crippen LogP contribution >= 0.6 is 23.4 Å². The van der Waals surface area contributed by atoms with Gasteiger partial charge in [-0.15, -0.1) is 0 Å². The van der Waals surface area contributed by atoms with E-state index in [1.807, 2.05) is 0 Å². The molecule has 0 amide bonds. The first-order chi connectivity index (χ1) is 16.3. The summed E-state index contributed by atoms with van der Waals surface area (Å²) < 4.78 is 33.2. The van der Waals surface area contributed by atoms with Crippen molar-refractivity contribution in [2.45, 2.75) is 33.1 Å². The Morgan fingerprint density at radius 1 is 0.941 bits per heavy atom. The third kappa shape index (κ3) is 4.27. The molecule has 1 aliphatic rings. The number of halogens is 1. The average Bonchev–Trinajstić information content (AvgIpc) is 3.31. The molecular weight excluding hydrogens is 498 g/mol. The number of sulfonamides is 1. The first-order valence-electron chi connectivity index (χ1n) is 10.5. The molecule has 0 aliphatic carbocycles. The molecule has 0 saturated carbocycles. The van der Waals surface area contributed by atoms with E-state index in [4.69, 9.17) is 16.2 Å². The lowest BCUT2D eigenvalue weighted by Gasteiger charge is -2.37. The summed E-state index contributed by atoms with van der Waals surface area (Å²) in [5, 5.41) is 29.0. The molecule has 4 aromatic rings. The Morgan fingerprint density at radius 2 is 1.59 bits per heavy atom. The van der Waals surface area contributed by atoms with Gasteiger partial charge >= 0.3 is 0 Å². The van der Waals surface area contributed by atoms with Gasteiger partial charge in [-0.2, -0.15) is 4.31 Å². The molecule has 5 rings (SSSR count). The lowest BCUT2D eigenvalue weighted by Crippen LogP contribution is -2.45. The zero-order valence-electron chi connectivity index (χ0n) is 17.8. The van der Waals surface area contributed by atoms with Crippen molar-refractivity contribution in [1.82, 2.24) is 14.6 Å². The molecule has 1 aromatic heterocycles. The largest absolute Gasteiger partial charge is 0.508 e. The van der Waals surface area contributed by atoms with E-state index in [1.165, 1.54) is 22.1 Å². The smallest absolute Gasteiger partial charge is 0.245 e. The second-order valence-electron chi connectivity index (χ2n) is 8.06. The van der Waals surface area contributed by atoms with E-state index < -0.39 is 15.6 Å². The van der Waals surface area contributed by atoms with Crippen LogP contribution in [0.2, 0.25) is 5.02 Å². The molecule has 0 unspecified atom stereocenters. The first-order valence-corrected chi connectivity index (χ1v) is 13.1. The van der Waals surface area contributed by atoms with Crippen LogP contribution in [0.4, 0.5) is 0 Å². The standard InChI is InChI=1S/C23H20ClN3O5S2/c24-16-3-1-15(2-4-16)23(29)11-13-27(14-12-23)34(30,31)20-10-9-19(21-22(20)26-32-25-21)33-18-7-5-17(28)6-8-18/h1-10,28-29H,11-14H2. The lowest BCUT2D eigenvalue weighted by molar-refractivity contribution is -0.00960.